The van der Waals surface area contributed by atoms with E-state index in [0.717, 1.165) is 11.3 Å². The molecule has 0 aliphatic carbocycles. The Morgan fingerprint density at radius 1 is 1.00 bits per heavy atom. The first-order valence-corrected chi connectivity index (χ1v) is 8.92. The molecule has 2 aromatic carbocycles. The van der Waals surface area contributed by atoms with Gasteiger partial charge in [0.1, 0.15) is 0 Å². The second-order valence-electron chi connectivity index (χ2n) is 5.94. The molecule has 0 spiro atoms. The molecule has 144 valence electrons. The number of nitrogens with one attached hydrogen (secondary N) is 1. The summed E-state index contributed by atoms with van der Waals surface area (Å²) in [5.41, 5.74) is 1.79. The number of likely N-dealkylation sites (N-methyl/N-ethyl adjacent to an activating group) is 1. The molecule has 1 N–H and O–H groups in total. The van der Waals surface area contributed by atoms with E-state index >= 15 is 0 Å². The van der Waals surface area contributed by atoms with Crippen molar-refractivity contribution in [3.8, 4) is 11.5 Å². The lowest BCUT2D eigenvalue weighted by Crippen LogP contribution is -2.40. The van der Waals surface area contributed by atoms with Gasteiger partial charge in [-0.1, -0.05) is 24.3 Å². The van der Waals surface area contributed by atoms with Gasteiger partial charge in [-0.2, -0.15) is 0 Å². The largest absolute Gasteiger partial charge is 0.493 e. The molecule has 0 heterocycles. The summed E-state index contributed by atoms with van der Waals surface area (Å²) in [5.74, 6) is 0.981. The lowest BCUT2D eigenvalue weighted by Gasteiger charge is -2.21. The Balaban J connectivity index is 1.84. The number of anilines is 1. The van der Waals surface area contributed by atoms with Gasteiger partial charge >= 0.3 is 0 Å². The van der Waals surface area contributed by atoms with Crippen LogP contribution in [0.5, 0.6) is 11.5 Å². The third-order valence-corrected chi connectivity index (χ3v) is 4.21. The summed E-state index contributed by atoms with van der Waals surface area (Å²) >= 11 is 0. The SMILES string of the molecule is CCN(C(=O)CNC(=O)CCc1ccc(OC)c(OC)c1)c1ccccc1. The number of carbonyl (C=O) groups is 2. The smallest absolute Gasteiger partial charge is 0.246 e. The standard InChI is InChI=1S/C21H26N2O4/c1-4-23(17-8-6-5-7-9-17)21(25)15-22-20(24)13-11-16-10-12-18(26-2)19(14-16)27-3/h5-10,12,14H,4,11,13,15H2,1-3H3,(H,22,24). The highest BCUT2D eigenvalue weighted by Gasteiger charge is 2.14. The van der Waals surface area contributed by atoms with Crippen molar-refractivity contribution in [2.45, 2.75) is 19.8 Å². The number of nitrogens with zero attached hydrogens (tertiary/aromatic N) is 1. The van der Waals surface area contributed by atoms with Crippen molar-refractivity contribution in [3.05, 3.63) is 54.1 Å². The van der Waals surface area contributed by atoms with Gasteiger partial charge in [0, 0.05) is 18.7 Å². The van der Waals surface area contributed by atoms with Crippen LogP contribution < -0.4 is 19.7 Å². The van der Waals surface area contributed by atoms with Gasteiger partial charge in [0.15, 0.2) is 11.5 Å². The summed E-state index contributed by atoms with van der Waals surface area (Å²) in [5, 5.41) is 2.70. The Morgan fingerprint density at radius 3 is 2.33 bits per heavy atom. The second kappa shape index (κ2) is 10.2. The molecule has 2 rings (SSSR count). The van der Waals surface area contributed by atoms with Crippen LogP contribution in [0.4, 0.5) is 5.69 Å². The molecule has 0 saturated heterocycles. The maximum atomic E-state index is 12.4. The van der Waals surface area contributed by atoms with Gasteiger partial charge < -0.3 is 19.7 Å². The van der Waals surface area contributed by atoms with Crippen LogP contribution >= 0.6 is 0 Å². The van der Waals surface area contributed by atoms with Crippen LogP contribution in [0.25, 0.3) is 0 Å². The normalized spacial score (nSPS) is 10.2. The first-order valence-electron chi connectivity index (χ1n) is 8.92. The van der Waals surface area contributed by atoms with Crippen LogP contribution in [-0.2, 0) is 16.0 Å². The quantitative estimate of drug-likeness (QED) is 0.737. The fourth-order valence-corrected chi connectivity index (χ4v) is 2.76. The summed E-state index contributed by atoms with van der Waals surface area (Å²) in [7, 11) is 3.16. The van der Waals surface area contributed by atoms with Crippen molar-refractivity contribution in [1.82, 2.24) is 5.32 Å². The summed E-state index contributed by atoms with van der Waals surface area (Å²) < 4.78 is 10.5. The van der Waals surface area contributed by atoms with Crippen LogP contribution in [-0.4, -0.2) is 39.1 Å². The lowest BCUT2D eigenvalue weighted by molar-refractivity contribution is -0.124. The molecule has 2 amide bonds. The van der Waals surface area contributed by atoms with E-state index in [1.54, 1.807) is 19.1 Å². The van der Waals surface area contributed by atoms with Gasteiger partial charge in [0.05, 0.1) is 20.8 Å². The average Bonchev–Trinajstić information content (AvgIpc) is 2.71. The van der Waals surface area contributed by atoms with Gasteiger partial charge in [0.25, 0.3) is 0 Å². The molecule has 0 unspecified atom stereocenters. The number of para-hydroxylation sites is 1. The zero-order valence-electron chi connectivity index (χ0n) is 16.0. The highest BCUT2D eigenvalue weighted by atomic mass is 16.5. The Labute approximate surface area is 160 Å². The molecule has 6 nitrogen and oxygen atoms in total. The minimum Gasteiger partial charge on any atom is -0.493 e. The number of methoxy groups -OCH3 is 2. The molecule has 2 aromatic rings. The van der Waals surface area contributed by atoms with Gasteiger partial charge in [0.2, 0.25) is 11.8 Å². The van der Waals surface area contributed by atoms with Crippen LogP contribution in [0.1, 0.15) is 18.9 Å². The Morgan fingerprint density at radius 2 is 1.70 bits per heavy atom. The molecule has 0 aromatic heterocycles. The van der Waals surface area contributed by atoms with Crippen molar-refractivity contribution in [1.29, 1.82) is 0 Å². The molecule has 0 atom stereocenters. The highest BCUT2D eigenvalue weighted by Crippen LogP contribution is 2.27. The van der Waals surface area contributed by atoms with E-state index < -0.39 is 0 Å². The molecule has 0 fully saturated rings. The molecular weight excluding hydrogens is 344 g/mol. The first kappa shape index (κ1) is 20.3. The summed E-state index contributed by atoms with van der Waals surface area (Å²) in [6.45, 7) is 2.43. The van der Waals surface area contributed by atoms with Crippen molar-refractivity contribution in [2.24, 2.45) is 0 Å². The number of hydrogen-bond acceptors (Lipinski definition) is 4. The van der Waals surface area contributed by atoms with Crippen LogP contribution in [0.2, 0.25) is 0 Å². The van der Waals surface area contributed by atoms with E-state index in [0.29, 0.717) is 30.9 Å². The van der Waals surface area contributed by atoms with Crippen LogP contribution in [0.15, 0.2) is 48.5 Å². The van der Waals surface area contributed by atoms with Crippen LogP contribution in [0.3, 0.4) is 0 Å². The number of rotatable bonds is 9. The predicted molar refractivity (Wildman–Crippen MR) is 105 cm³/mol. The summed E-state index contributed by atoms with van der Waals surface area (Å²) in [6.07, 6.45) is 0.844. The molecule has 6 heteroatoms. The number of ether oxygens (including phenoxy) is 2. The highest BCUT2D eigenvalue weighted by molar-refractivity contribution is 5.96. The topological polar surface area (TPSA) is 67.9 Å². The van der Waals surface area contributed by atoms with E-state index in [9.17, 15) is 9.59 Å². The minimum atomic E-state index is -0.165. The molecule has 0 saturated carbocycles. The van der Waals surface area contributed by atoms with E-state index in [1.807, 2.05) is 55.5 Å². The van der Waals surface area contributed by atoms with Crippen molar-refractivity contribution in [2.75, 3.05) is 32.2 Å². The summed E-state index contributed by atoms with van der Waals surface area (Å²) in [6, 6.07) is 15.0. The average molecular weight is 370 g/mol. The van der Waals surface area contributed by atoms with Crippen molar-refractivity contribution in [3.63, 3.8) is 0 Å². The molecule has 0 aliphatic heterocycles. The van der Waals surface area contributed by atoms with E-state index in [-0.39, 0.29) is 18.4 Å². The van der Waals surface area contributed by atoms with E-state index in [4.69, 9.17) is 9.47 Å². The second-order valence-corrected chi connectivity index (χ2v) is 5.94. The van der Waals surface area contributed by atoms with Crippen molar-refractivity contribution < 1.29 is 19.1 Å². The lowest BCUT2D eigenvalue weighted by atomic mass is 10.1. The molecule has 0 aliphatic rings. The number of aryl methyl sites for hydroxylation is 1. The van der Waals surface area contributed by atoms with Gasteiger partial charge in [-0.3, -0.25) is 9.59 Å². The zero-order valence-corrected chi connectivity index (χ0v) is 16.0. The molecule has 0 radical (unpaired) electrons. The Kier molecular flexibility index (Phi) is 7.67. The minimum absolute atomic E-state index is 0.0203. The molecular formula is C21H26N2O4. The fourth-order valence-electron chi connectivity index (χ4n) is 2.76. The maximum absolute atomic E-state index is 12.4. The number of benzene rings is 2. The van der Waals surface area contributed by atoms with Crippen LogP contribution in [0, 0.1) is 0 Å². The first-order chi connectivity index (χ1) is 13.1. The van der Waals surface area contributed by atoms with E-state index in [2.05, 4.69) is 5.32 Å². The zero-order chi connectivity index (χ0) is 19.6. The Hall–Kier alpha value is -3.02. The van der Waals surface area contributed by atoms with Gasteiger partial charge in [-0.15, -0.1) is 0 Å². The van der Waals surface area contributed by atoms with Gasteiger partial charge in [-0.25, -0.2) is 0 Å². The maximum Gasteiger partial charge on any atom is 0.246 e. The number of carbonyl (C=O) groups excluding carboxylic acids is 2. The van der Waals surface area contributed by atoms with Gasteiger partial charge in [-0.05, 0) is 43.2 Å². The number of amides is 2. The fraction of sp³-hybridized carbons (Fsp3) is 0.333. The third-order valence-electron chi connectivity index (χ3n) is 4.21. The van der Waals surface area contributed by atoms with E-state index in [1.165, 1.54) is 0 Å². The van der Waals surface area contributed by atoms with Crippen molar-refractivity contribution >= 4 is 17.5 Å². The summed E-state index contributed by atoms with van der Waals surface area (Å²) in [4.78, 5) is 26.1. The predicted octanol–water partition coefficient (Wildman–Crippen LogP) is 2.81. The molecule has 0 bridgehead atoms. The monoisotopic (exact) mass is 370 g/mol. The third kappa shape index (κ3) is 5.74. The number of hydrogen-bond donors (Lipinski definition) is 1. The molecule has 27 heavy (non-hydrogen) atoms. The Bertz CT molecular complexity index is 762.